The number of nitrogens with one attached hydrogen (secondary N) is 1. The SMILES string of the molecule is CC[C@@H](C)NC(=O)[C@@H](CC)N(Cc1ccccc1C)C(=O)CN(c1ccccc1Br)S(C)(=O)=O. The number of aryl methyl sites for hydroxylation is 1. The molecule has 0 spiro atoms. The summed E-state index contributed by atoms with van der Waals surface area (Å²) < 4.78 is 27.0. The molecule has 2 rings (SSSR count). The van der Waals surface area contributed by atoms with Crippen LogP contribution in [-0.2, 0) is 26.2 Å². The van der Waals surface area contributed by atoms with Crippen molar-refractivity contribution in [1.82, 2.24) is 10.2 Å². The van der Waals surface area contributed by atoms with E-state index in [1.165, 1.54) is 4.90 Å². The van der Waals surface area contributed by atoms with E-state index in [9.17, 15) is 18.0 Å². The maximum atomic E-state index is 13.7. The summed E-state index contributed by atoms with van der Waals surface area (Å²) in [5.74, 6) is -0.693. The molecule has 0 saturated carbocycles. The summed E-state index contributed by atoms with van der Waals surface area (Å²) in [6.45, 7) is 7.47. The number of amides is 2. The molecule has 0 radical (unpaired) electrons. The normalized spacial score (nSPS) is 13.1. The molecule has 0 unspecified atom stereocenters. The first-order chi connectivity index (χ1) is 16.0. The van der Waals surface area contributed by atoms with E-state index < -0.39 is 28.5 Å². The summed E-state index contributed by atoms with van der Waals surface area (Å²) in [6, 6.07) is 13.7. The van der Waals surface area contributed by atoms with Gasteiger partial charge in [-0.15, -0.1) is 0 Å². The topological polar surface area (TPSA) is 86.8 Å². The number of para-hydroxylation sites is 1. The van der Waals surface area contributed by atoms with Crippen LogP contribution in [0.5, 0.6) is 0 Å². The first-order valence-electron chi connectivity index (χ1n) is 11.4. The summed E-state index contributed by atoms with van der Waals surface area (Å²) in [6.07, 6.45) is 2.23. The van der Waals surface area contributed by atoms with Crippen LogP contribution in [0.25, 0.3) is 0 Å². The van der Waals surface area contributed by atoms with Crippen molar-refractivity contribution in [1.29, 1.82) is 0 Å². The third kappa shape index (κ3) is 7.30. The minimum absolute atomic E-state index is 0.0373. The highest BCUT2D eigenvalue weighted by molar-refractivity contribution is 9.10. The fourth-order valence-corrected chi connectivity index (χ4v) is 5.06. The molecule has 0 heterocycles. The Bertz CT molecular complexity index is 1110. The summed E-state index contributed by atoms with van der Waals surface area (Å²) >= 11 is 3.39. The Morgan fingerprint density at radius 2 is 1.65 bits per heavy atom. The molecule has 0 bridgehead atoms. The maximum absolute atomic E-state index is 13.7. The Hall–Kier alpha value is -2.39. The Labute approximate surface area is 211 Å². The fourth-order valence-electron chi connectivity index (χ4n) is 3.58. The summed E-state index contributed by atoms with van der Waals surface area (Å²) in [5.41, 5.74) is 2.26. The molecule has 0 aliphatic carbocycles. The molecule has 0 saturated heterocycles. The summed E-state index contributed by atoms with van der Waals surface area (Å²) in [7, 11) is -3.77. The molecule has 2 aromatic rings. The number of benzene rings is 2. The zero-order chi connectivity index (χ0) is 25.5. The Kier molecular flexibility index (Phi) is 10.1. The van der Waals surface area contributed by atoms with E-state index in [0.29, 0.717) is 16.6 Å². The molecule has 7 nitrogen and oxygen atoms in total. The molecule has 0 fully saturated rings. The van der Waals surface area contributed by atoms with Gasteiger partial charge < -0.3 is 10.2 Å². The van der Waals surface area contributed by atoms with Gasteiger partial charge in [0.15, 0.2) is 0 Å². The third-order valence-electron chi connectivity index (χ3n) is 5.79. The van der Waals surface area contributed by atoms with Crippen LogP contribution in [0.4, 0.5) is 5.69 Å². The number of anilines is 1. The van der Waals surface area contributed by atoms with E-state index in [2.05, 4.69) is 21.2 Å². The van der Waals surface area contributed by atoms with E-state index in [4.69, 9.17) is 0 Å². The lowest BCUT2D eigenvalue weighted by Gasteiger charge is -2.33. The van der Waals surface area contributed by atoms with E-state index in [-0.39, 0.29) is 18.5 Å². The van der Waals surface area contributed by atoms with Gasteiger partial charge in [0, 0.05) is 17.1 Å². The molecule has 0 aliphatic heterocycles. The number of sulfonamides is 1. The van der Waals surface area contributed by atoms with Crippen LogP contribution in [0, 0.1) is 6.92 Å². The molecule has 9 heteroatoms. The first kappa shape index (κ1) is 27.9. The lowest BCUT2D eigenvalue weighted by atomic mass is 10.1. The van der Waals surface area contributed by atoms with Gasteiger partial charge in [-0.3, -0.25) is 13.9 Å². The zero-order valence-electron chi connectivity index (χ0n) is 20.4. The smallest absolute Gasteiger partial charge is 0.244 e. The van der Waals surface area contributed by atoms with Crippen molar-refractivity contribution >= 4 is 43.5 Å². The number of carbonyl (C=O) groups excluding carboxylic acids is 2. The van der Waals surface area contributed by atoms with Crippen LogP contribution in [0.1, 0.15) is 44.7 Å². The van der Waals surface area contributed by atoms with Gasteiger partial charge in [-0.05, 0) is 65.9 Å². The van der Waals surface area contributed by atoms with Crippen molar-refractivity contribution < 1.29 is 18.0 Å². The molecule has 2 amide bonds. The number of carbonyl (C=O) groups is 2. The third-order valence-corrected chi connectivity index (χ3v) is 7.59. The second-order valence-electron chi connectivity index (χ2n) is 8.41. The number of rotatable bonds is 11. The summed E-state index contributed by atoms with van der Waals surface area (Å²) in [4.78, 5) is 28.3. The maximum Gasteiger partial charge on any atom is 0.244 e. The van der Waals surface area contributed by atoms with Crippen molar-refractivity contribution in [3.05, 3.63) is 64.1 Å². The number of nitrogens with zero attached hydrogens (tertiary/aromatic N) is 2. The molecule has 2 aromatic carbocycles. The van der Waals surface area contributed by atoms with E-state index in [1.807, 2.05) is 52.0 Å². The van der Waals surface area contributed by atoms with Crippen LogP contribution < -0.4 is 9.62 Å². The quantitative estimate of drug-likeness (QED) is 0.452. The van der Waals surface area contributed by atoms with Gasteiger partial charge in [0.2, 0.25) is 21.8 Å². The number of halogens is 1. The predicted molar refractivity (Wildman–Crippen MR) is 140 cm³/mol. The molecular weight excluding hydrogens is 518 g/mol. The monoisotopic (exact) mass is 551 g/mol. The van der Waals surface area contributed by atoms with Gasteiger partial charge in [0.1, 0.15) is 12.6 Å². The van der Waals surface area contributed by atoms with Crippen molar-refractivity contribution in [2.45, 2.75) is 59.2 Å². The second kappa shape index (κ2) is 12.4. The van der Waals surface area contributed by atoms with E-state index in [1.54, 1.807) is 24.3 Å². The Morgan fingerprint density at radius 1 is 1.03 bits per heavy atom. The minimum atomic E-state index is -3.77. The molecule has 2 atom stereocenters. The summed E-state index contributed by atoms with van der Waals surface area (Å²) in [5, 5.41) is 2.97. The fraction of sp³-hybridized carbons (Fsp3) is 0.440. The Morgan fingerprint density at radius 3 is 2.21 bits per heavy atom. The van der Waals surface area contributed by atoms with Crippen LogP contribution in [-0.4, -0.2) is 50.0 Å². The average Bonchev–Trinajstić information content (AvgIpc) is 2.78. The highest BCUT2D eigenvalue weighted by Gasteiger charge is 2.32. The highest BCUT2D eigenvalue weighted by atomic mass is 79.9. The number of hydrogen-bond acceptors (Lipinski definition) is 4. The lowest BCUT2D eigenvalue weighted by Crippen LogP contribution is -2.53. The van der Waals surface area contributed by atoms with Gasteiger partial charge in [-0.1, -0.05) is 50.2 Å². The zero-order valence-corrected chi connectivity index (χ0v) is 22.8. The van der Waals surface area contributed by atoms with Crippen molar-refractivity contribution in [3.63, 3.8) is 0 Å². The first-order valence-corrected chi connectivity index (χ1v) is 14.0. The molecule has 0 aromatic heterocycles. The molecule has 1 N–H and O–H groups in total. The molecule has 34 heavy (non-hydrogen) atoms. The lowest BCUT2D eigenvalue weighted by molar-refractivity contribution is -0.140. The van der Waals surface area contributed by atoms with Gasteiger partial charge in [-0.2, -0.15) is 0 Å². The number of hydrogen-bond donors (Lipinski definition) is 1. The minimum Gasteiger partial charge on any atom is -0.352 e. The molecular formula is C25H34BrN3O4S. The largest absolute Gasteiger partial charge is 0.352 e. The Balaban J connectivity index is 2.47. The van der Waals surface area contributed by atoms with Crippen LogP contribution >= 0.6 is 15.9 Å². The molecule has 186 valence electrons. The van der Waals surface area contributed by atoms with Crippen LogP contribution in [0.15, 0.2) is 53.0 Å². The van der Waals surface area contributed by atoms with Gasteiger partial charge in [0.05, 0.1) is 11.9 Å². The second-order valence-corrected chi connectivity index (χ2v) is 11.2. The average molecular weight is 553 g/mol. The van der Waals surface area contributed by atoms with E-state index >= 15 is 0 Å². The van der Waals surface area contributed by atoms with Gasteiger partial charge in [0.25, 0.3) is 0 Å². The van der Waals surface area contributed by atoms with Gasteiger partial charge in [-0.25, -0.2) is 8.42 Å². The van der Waals surface area contributed by atoms with Gasteiger partial charge >= 0.3 is 0 Å². The van der Waals surface area contributed by atoms with E-state index in [0.717, 1.165) is 28.1 Å². The molecule has 0 aliphatic rings. The predicted octanol–water partition coefficient (Wildman–Crippen LogP) is 4.25. The van der Waals surface area contributed by atoms with Crippen LogP contribution in [0.3, 0.4) is 0 Å². The van der Waals surface area contributed by atoms with Crippen molar-refractivity contribution in [3.8, 4) is 0 Å². The van der Waals surface area contributed by atoms with Crippen LogP contribution in [0.2, 0.25) is 0 Å². The standard InChI is InChI=1S/C25H34BrN3O4S/c1-6-19(4)27-25(31)22(7-2)28(16-20-13-9-8-12-18(20)3)24(30)17-29(34(5,32)33)23-15-11-10-14-21(23)26/h8-15,19,22H,6-7,16-17H2,1-5H3,(H,27,31)/t19-,22-/m1/s1. The van der Waals surface area contributed by atoms with Crippen molar-refractivity contribution in [2.24, 2.45) is 0 Å². The highest BCUT2D eigenvalue weighted by Crippen LogP contribution is 2.28. The van der Waals surface area contributed by atoms with Crippen molar-refractivity contribution in [2.75, 3.05) is 17.1 Å².